The van der Waals surface area contributed by atoms with Gasteiger partial charge in [-0.25, -0.2) is 9.59 Å². The van der Waals surface area contributed by atoms with Crippen molar-refractivity contribution in [2.24, 2.45) is 0 Å². The lowest BCUT2D eigenvalue weighted by molar-refractivity contribution is -0.124. The molecule has 0 atom stereocenters. The van der Waals surface area contributed by atoms with Crippen LogP contribution in [-0.2, 0) is 15.3 Å². The predicted octanol–water partition coefficient (Wildman–Crippen LogP) is 3.06. The van der Waals surface area contributed by atoms with Gasteiger partial charge in [0.25, 0.3) is 5.91 Å². The summed E-state index contributed by atoms with van der Waals surface area (Å²) < 4.78 is 10.0. The number of hydrogen-bond acceptors (Lipinski definition) is 7. The minimum Gasteiger partial charge on any atom is -0.452 e. The fourth-order valence-electron chi connectivity index (χ4n) is 2.29. The van der Waals surface area contributed by atoms with Gasteiger partial charge in [-0.15, -0.1) is 11.3 Å². The molecule has 140 valence electrons. The highest BCUT2D eigenvalue weighted by Gasteiger charge is 2.16. The smallest absolute Gasteiger partial charge is 0.351 e. The van der Waals surface area contributed by atoms with Gasteiger partial charge in [0.05, 0.1) is 0 Å². The minimum absolute atomic E-state index is 0.229. The lowest BCUT2D eigenvalue weighted by Crippen LogP contribution is -2.31. The van der Waals surface area contributed by atoms with Crippen LogP contribution in [0.2, 0.25) is 0 Å². The van der Waals surface area contributed by atoms with E-state index in [1.807, 2.05) is 11.4 Å². The quantitative estimate of drug-likeness (QED) is 0.353. The largest absolute Gasteiger partial charge is 0.452 e. The van der Waals surface area contributed by atoms with Crippen LogP contribution < -0.4 is 10.9 Å². The van der Waals surface area contributed by atoms with E-state index in [-0.39, 0.29) is 5.56 Å². The van der Waals surface area contributed by atoms with Gasteiger partial charge in [-0.05, 0) is 23.6 Å². The SMILES string of the molecule is O=C(COC(=O)c1cc2ccccc2oc1=O)NCCSCc1cccs1. The van der Waals surface area contributed by atoms with Crippen LogP contribution >= 0.6 is 23.1 Å². The zero-order valence-corrected chi connectivity index (χ0v) is 15.9. The molecule has 1 N–H and O–H groups in total. The van der Waals surface area contributed by atoms with Gasteiger partial charge < -0.3 is 14.5 Å². The number of benzene rings is 1. The van der Waals surface area contributed by atoms with Gasteiger partial charge in [0.2, 0.25) is 0 Å². The third-order valence-electron chi connectivity index (χ3n) is 3.59. The second kappa shape index (κ2) is 9.38. The van der Waals surface area contributed by atoms with Crippen LogP contribution in [0.15, 0.2) is 57.1 Å². The fraction of sp³-hybridized carbons (Fsp3) is 0.211. The van der Waals surface area contributed by atoms with Gasteiger partial charge >= 0.3 is 11.6 Å². The Morgan fingerprint density at radius 3 is 2.85 bits per heavy atom. The van der Waals surface area contributed by atoms with E-state index >= 15 is 0 Å². The topological polar surface area (TPSA) is 85.6 Å². The maximum absolute atomic E-state index is 12.1. The maximum atomic E-state index is 12.1. The molecule has 0 unspecified atom stereocenters. The molecule has 3 rings (SSSR count). The third kappa shape index (κ3) is 5.45. The zero-order valence-electron chi connectivity index (χ0n) is 14.3. The number of thiophene rings is 1. The number of nitrogens with one attached hydrogen (secondary N) is 1. The maximum Gasteiger partial charge on any atom is 0.351 e. The molecule has 0 aliphatic heterocycles. The lowest BCUT2D eigenvalue weighted by atomic mass is 10.2. The third-order valence-corrected chi connectivity index (χ3v) is 5.66. The van der Waals surface area contributed by atoms with Crippen molar-refractivity contribution in [1.82, 2.24) is 5.32 Å². The number of carbonyl (C=O) groups is 2. The zero-order chi connectivity index (χ0) is 19.1. The first-order valence-corrected chi connectivity index (χ1v) is 10.2. The Labute approximate surface area is 163 Å². The molecule has 2 aromatic heterocycles. The standard InChI is InChI=1S/C19H17NO5S2/c21-17(20-7-9-26-12-14-5-3-8-27-14)11-24-18(22)15-10-13-4-1-2-6-16(13)25-19(15)23/h1-6,8,10H,7,9,11-12H2,(H,20,21). The summed E-state index contributed by atoms with van der Waals surface area (Å²) in [4.78, 5) is 37.0. The Morgan fingerprint density at radius 2 is 2.04 bits per heavy atom. The average molecular weight is 403 g/mol. The van der Waals surface area contributed by atoms with Gasteiger partial charge in [-0.3, -0.25) is 4.79 Å². The number of esters is 1. The summed E-state index contributed by atoms with van der Waals surface area (Å²) in [6.45, 7) is 0.0330. The van der Waals surface area contributed by atoms with Crippen molar-refractivity contribution in [2.75, 3.05) is 18.9 Å². The molecule has 27 heavy (non-hydrogen) atoms. The van der Waals surface area contributed by atoms with Crippen molar-refractivity contribution >= 4 is 45.9 Å². The van der Waals surface area contributed by atoms with Crippen LogP contribution in [0.4, 0.5) is 0 Å². The molecule has 0 aliphatic carbocycles. The lowest BCUT2D eigenvalue weighted by Gasteiger charge is -2.06. The molecular formula is C19H17NO5S2. The molecule has 0 spiro atoms. The van der Waals surface area contributed by atoms with E-state index in [0.717, 1.165) is 11.5 Å². The summed E-state index contributed by atoms with van der Waals surface area (Å²) in [6, 6.07) is 12.3. The first kappa shape index (κ1) is 19.2. The number of ether oxygens (including phenoxy) is 1. The van der Waals surface area contributed by atoms with Crippen LogP contribution in [0, 0.1) is 0 Å². The summed E-state index contributed by atoms with van der Waals surface area (Å²) in [6.07, 6.45) is 0. The number of amides is 1. The molecular weight excluding hydrogens is 386 g/mol. The van der Waals surface area contributed by atoms with Crippen molar-refractivity contribution < 1.29 is 18.7 Å². The number of fused-ring (bicyclic) bond motifs is 1. The van der Waals surface area contributed by atoms with Crippen LogP contribution in [-0.4, -0.2) is 30.8 Å². The summed E-state index contributed by atoms with van der Waals surface area (Å²) >= 11 is 3.41. The Kier molecular flexibility index (Phi) is 6.67. The molecule has 6 nitrogen and oxygen atoms in total. The van der Waals surface area contributed by atoms with Crippen molar-refractivity contribution in [2.45, 2.75) is 5.75 Å². The van der Waals surface area contributed by atoms with E-state index in [2.05, 4.69) is 11.4 Å². The number of rotatable bonds is 8. The van der Waals surface area contributed by atoms with Crippen LogP contribution in [0.25, 0.3) is 11.0 Å². The summed E-state index contributed by atoms with van der Waals surface area (Å²) in [5.74, 6) is 0.369. The Morgan fingerprint density at radius 1 is 1.19 bits per heavy atom. The second-order valence-electron chi connectivity index (χ2n) is 5.54. The highest BCUT2D eigenvalue weighted by Crippen LogP contribution is 2.16. The van der Waals surface area contributed by atoms with Crippen LogP contribution in [0.1, 0.15) is 15.2 Å². The van der Waals surface area contributed by atoms with E-state index in [1.54, 1.807) is 47.4 Å². The van der Waals surface area contributed by atoms with Crippen molar-refractivity contribution in [3.8, 4) is 0 Å². The minimum atomic E-state index is -0.878. The number of para-hydroxylation sites is 1. The molecule has 0 aliphatic rings. The molecule has 2 heterocycles. The van der Waals surface area contributed by atoms with Crippen molar-refractivity contribution in [1.29, 1.82) is 0 Å². The van der Waals surface area contributed by atoms with Crippen molar-refractivity contribution in [3.63, 3.8) is 0 Å². The van der Waals surface area contributed by atoms with Gasteiger partial charge in [0.1, 0.15) is 11.1 Å². The Hall–Kier alpha value is -2.58. The van der Waals surface area contributed by atoms with E-state index in [0.29, 0.717) is 17.5 Å². The molecule has 1 amide bonds. The molecule has 1 aromatic carbocycles. The Balaban J connectivity index is 1.42. The van der Waals surface area contributed by atoms with E-state index < -0.39 is 24.1 Å². The molecule has 3 aromatic rings. The predicted molar refractivity (Wildman–Crippen MR) is 106 cm³/mol. The molecule has 0 saturated carbocycles. The number of hydrogen-bond donors (Lipinski definition) is 1. The average Bonchev–Trinajstić information content (AvgIpc) is 3.18. The van der Waals surface area contributed by atoms with Gasteiger partial charge in [0, 0.05) is 28.3 Å². The summed E-state index contributed by atoms with van der Waals surface area (Å²) in [5.41, 5.74) is -0.631. The number of carbonyl (C=O) groups excluding carboxylic acids is 2. The number of thioether (sulfide) groups is 1. The van der Waals surface area contributed by atoms with E-state index in [1.165, 1.54) is 10.9 Å². The molecule has 0 radical (unpaired) electrons. The highest BCUT2D eigenvalue weighted by atomic mass is 32.2. The van der Waals surface area contributed by atoms with Crippen LogP contribution in [0.3, 0.4) is 0 Å². The van der Waals surface area contributed by atoms with Gasteiger partial charge in [0.15, 0.2) is 6.61 Å². The monoisotopic (exact) mass is 403 g/mol. The normalized spacial score (nSPS) is 10.7. The fourth-order valence-corrected chi connectivity index (χ4v) is 3.99. The highest BCUT2D eigenvalue weighted by molar-refractivity contribution is 7.98. The summed E-state index contributed by atoms with van der Waals surface area (Å²) in [7, 11) is 0. The molecule has 8 heteroatoms. The first-order valence-electron chi connectivity index (χ1n) is 8.20. The van der Waals surface area contributed by atoms with Crippen molar-refractivity contribution in [3.05, 3.63) is 68.7 Å². The Bertz CT molecular complexity index is 981. The van der Waals surface area contributed by atoms with Gasteiger partial charge in [-0.2, -0.15) is 11.8 Å². The van der Waals surface area contributed by atoms with Crippen LogP contribution in [0.5, 0.6) is 0 Å². The molecule has 0 fully saturated rings. The second-order valence-corrected chi connectivity index (χ2v) is 7.68. The molecule has 0 bridgehead atoms. The summed E-state index contributed by atoms with van der Waals surface area (Å²) in [5, 5.41) is 5.32. The van der Waals surface area contributed by atoms with E-state index in [9.17, 15) is 14.4 Å². The molecule has 0 saturated heterocycles. The van der Waals surface area contributed by atoms with E-state index in [4.69, 9.17) is 9.15 Å². The van der Waals surface area contributed by atoms with Gasteiger partial charge in [-0.1, -0.05) is 24.3 Å². The first-order chi connectivity index (χ1) is 13.1.